The molecule has 0 aromatic heterocycles. The fourth-order valence-corrected chi connectivity index (χ4v) is 3.65. The molecular formula is C21H30ClN3O. The van der Waals surface area contributed by atoms with Gasteiger partial charge in [-0.2, -0.15) is 0 Å². The second-order valence-electron chi connectivity index (χ2n) is 7.14. The van der Waals surface area contributed by atoms with Gasteiger partial charge >= 0.3 is 0 Å². The van der Waals surface area contributed by atoms with Crippen molar-refractivity contribution in [2.24, 2.45) is 0 Å². The molecule has 0 radical (unpaired) electrons. The molecule has 0 spiro atoms. The summed E-state index contributed by atoms with van der Waals surface area (Å²) in [5.41, 5.74) is 1.14. The summed E-state index contributed by atoms with van der Waals surface area (Å²) in [5, 5.41) is 8.96. The highest BCUT2D eigenvalue weighted by molar-refractivity contribution is 5.85. The van der Waals surface area contributed by atoms with E-state index in [1.54, 1.807) is 0 Å². The summed E-state index contributed by atoms with van der Waals surface area (Å²) in [4.78, 5) is 15.0. The van der Waals surface area contributed by atoms with Gasteiger partial charge in [-0.3, -0.25) is 9.69 Å². The molecule has 0 bridgehead atoms. The Labute approximate surface area is 162 Å². The lowest BCUT2D eigenvalue weighted by Crippen LogP contribution is -2.52. The number of nitrogens with zero attached hydrogens (tertiary/aromatic N) is 1. The number of halogens is 1. The van der Waals surface area contributed by atoms with Crippen LogP contribution in [0.15, 0.2) is 42.5 Å². The molecule has 26 heavy (non-hydrogen) atoms. The fourth-order valence-electron chi connectivity index (χ4n) is 3.65. The van der Waals surface area contributed by atoms with Crippen molar-refractivity contribution in [3.63, 3.8) is 0 Å². The average Bonchev–Trinajstić information content (AvgIpc) is 2.66. The van der Waals surface area contributed by atoms with Crippen LogP contribution in [-0.2, 0) is 4.79 Å². The zero-order chi connectivity index (χ0) is 17.8. The van der Waals surface area contributed by atoms with E-state index in [0.29, 0.717) is 6.04 Å². The van der Waals surface area contributed by atoms with Crippen LogP contribution in [0.3, 0.4) is 0 Å². The Morgan fingerprint density at radius 1 is 1.15 bits per heavy atom. The van der Waals surface area contributed by atoms with Gasteiger partial charge in [0.15, 0.2) is 0 Å². The van der Waals surface area contributed by atoms with Gasteiger partial charge in [0.1, 0.15) is 0 Å². The molecule has 1 saturated heterocycles. The largest absolute Gasteiger partial charge is 0.348 e. The second-order valence-corrected chi connectivity index (χ2v) is 7.14. The SMILES string of the molecule is CNC1CCCN(C(C)C(=O)NC(C)c2ccc3ccccc3c2)C1.Cl. The molecule has 1 heterocycles. The van der Waals surface area contributed by atoms with Crippen LogP contribution in [0, 0.1) is 0 Å². The van der Waals surface area contributed by atoms with E-state index in [0.717, 1.165) is 25.1 Å². The zero-order valence-corrected chi connectivity index (χ0v) is 16.7. The topological polar surface area (TPSA) is 44.4 Å². The van der Waals surface area contributed by atoms with E-state index in [-0.39, 0.29) is 30.4 Å². The van der Waals surface area contributed by atoms with Crippen LogP contribution in [0.1, 0.15) is 38.3 Å². The Morgan fingerprint density at radius 2 is 1.88 bits per heavy atom. The Kier molecular flexibility index (Phi) is 7.44. The molecule has 1 aliphatic rings. The highest BCUT2D eigenvalue weighted by Gasteiger charge is 2.27. The molecule has 3 atom stereocenters. The third-order valence-corrected chi connectivity index (χ3v) is 5.42. The summed E-state index contributed by atoms with van der Waals surface area (Å²) in [7, 11) is 2.00. The highest BCUT2D eigenvalue weighted by atomic mass is 35.5. The third-order valence-electron chi connectivity index (χ3n) is 5.42. The molecule has 1 fully saturated rings. The van der Waals surface area contributed by atoms with Gasteiger partial charge in [-0.25, -0.2) is 0 Å². The van der Waals surface area contributed by atoms with E-state index in [1.807, 2.05) is 26.1 Å². The monoisotopic (exact) mass is 375 g/mol. The maximum atomic E-state index is 12.7. The van der Waals surface area contributed by atoms with Crippen LogP contribution in [0.4, 0.5) is 0 Å². The number of hydrogen-bond donors (Lipinski definition) is 2. The lowest BCUT2D eigenvalue weighted by atomic mass is 10.0. The molecule has 4 nitrogen and oxygen atoms in total. The molecular weight excluding hydrogens is 346 g/mol. The summed E-state index contributed by atoms with van der Waals surface area (Å²) in [6.07, 6.45) is 2.33. The zero-order valence-electron chi connectivity index (χ0n) is 15.9. The summed E-state index contributed by atoms with van der Waals surface area (Å²) in [6, 6.07) is 15.1. The van der Waals surface area contributed by atoms with Crippen molar-refractivity contribution in [2.45, 2.75) is 44.8 Å². The standard InChI is InChI=1S/C21H29N3O.ClH/c1-15(18-11-10-17-7-4-5-8-19(17)13-18)23-21(25)16(2)24-12-6-9-20(14-24)22-3;/h4-5,7-8,10-11,13,15-16,20,22H,6,9,12,14H2,1-3H3,(H,23,25);1H. The molecule has 0 saturated carbocycles. The van der Waals surface area contributed by atoms with Crippen molar-refractivity contribution in [2.75, 3.05) is 20.1 Å². The predicted octanol–water partition coefficient (Wildman–Crippen LogP) is 3.51. The van der Waals surface area contributed by atoms with Crippen molar-refractivity contribution in [3.05, 3.63) is 48.0 Å². The van der Waals surface area contributed by atoms with Crippen LogP contribution in [0.25, 0.3) is 10.8 Å². The molecule has 0 aliphatic carbocycles. The molecule has 2 aromatic carbocycles. The Morgan fingerprint density at radius 3 is 2.62 bits per heavy atom. The number of likely N-dealkylation sites (tertiary alicyclic amines) is 1. The number of piperidine rings is 1. The van der Waals surface area contributed by atoms with Gasteiger partial charge < -0.3 is 10.6 Å². The number of rotatable bonds is 5. The highest BCUT2D eigenvalue weighted by Crippen LogP contribution is 2.21. The molecule has 5 heteroatoms. The van der Waals surface area contributed by atoms with E-state index in [9.17, 15) is 4.79 Å². The molecule has 3 unspecified atom stereocenters. The quantitative estimate of drug-likeness (QED) is 0.840. The number of fused-ring (bicyclic) bond motifs is 1. The minimum absolute atomic E-state index is 0. The number of amides is 1. The number of carbonyl (C=O) groups is 1. The van der Waals surface area contributed by atoms with Crippen molar-refractivity contribution in [3.8, 4) is 0 Å². The molecule has 2 N–H and O–H groups in total. The van der Waals surface area contributed by atoms with Crippen LogP contribution >= 0.6 is 12.4 Å². The molecule has 142 valence electrons. The van der Waals surface area contributed by atoms with E-state index in [1.165, 1.54) is 17.2 Å². The number of nitrogens with one attached hydrogen (secondary N) is 2. The van der Waals surface area contributed by atoms with Crippen molar-refractivity contribution < 1.29 is 4.79 Å². The van der Waals surface area contributed by atoms with Crippen molar-refractivity contribution in [1.29, 1.82) is 0 Å². The van der Waals surface area contributed by atoms with E-state index < -0.39 is 0 Å². The summed E-state index contributed by atoms with van der Waals surface area (Å²) in [5.74, 6) is 0.109. The number of carbonyl (C=O) groups excluding carboxylic acids is 1. The van der Waals surface area contributed by atoms with Gasteiger partial charge in [0.05, 0.1) is 12.1 Å². The maximum Gasteiger partial charge on any atom is 0.237 e. The van der Waals surface area contributed by atoms with Gasteiger partial charge in [0, 0.05) is 12.6 Å². The first kappa shape index (κ1) is 20.7. The van der Waals surface area contributed by atoms with Crippen LogP contribution < -0.4 is 10.6 Å². The molecule has 3 rings (SSSR count). The minimum atomic E-state index is -0.0981. The predicted molar refractivity (Wildman–Crippen MR) is 111 cm³/mol. The fraction of sp³-hybridized carbons (Fsp3) is 0.476. The van der Waals surface area contributed by atoms with Crippen LogP contribution in [-0.4, -0.2) is 43.0 Å². The minimum Gasteiger partial charge on any atom is -0.348 e. The van der Waals surface area contributed by atoms with Gasteiger partial charge in [0.2, 0.25) is 5.91 Å². The number of hydrogen-bond acceptors (Lipinski definition) is 3. The molecule has 2 aromatic rings. The number of likely N-dealkylation sites (N-methyl/N-ethyl adjacent to an activating group) is 1. The summed E-state index contributed by atoms with van der Waals surface area (Å²) < 4.78 is 0. The average molecular weight is 376 g/mol. The third kappa shape index (κ3) is 4.76. The lowest BCUT2D eigenvalue weighted by molar-refractivity contribution is -0.127. The molecule has 1 aliphatic heterocycles. The summed E-state index contributed by atoms with van der Waals surface area (Å²) in [6.45, 7) is 6.01. The van der Waals surface area contributed by atoms with Gasteiger partial charge in [-0.05, 0) is 62.7 Å². The van der Waals surface area contributed by atoms with Crippen LogP contribution in [0.5, 0.6) is 0 Å². The van der Waals surface area contributed by atoms with Crippen molar-refractivity contribution in [1.82, 2.24) is 15.5 Å². The van der Waals surface area contributed by atoms with E-state index in [2.05, 4.69) is 52.8 Å². The smallest absolute Gasteiger partial charge is 0.237 e. The normalized spacial score (nSPS) is 20.2. The molecule has 1 amide bonds. The van der Waals surface area contributed by atoms with Gasteiger partial charge in [-0.1, -0.05) is 36.4 Å². The van der Waals surface area contributed by atoms with E-state index in [4.69, 9.17) is 0 Å². The van der Waals surface area contributed by atoms with Crippen LogP contribution in [0.2, 0.25) is 0 Å². The lowest BCUT2D eigenvalue weighted by Gasteiger charge is -2.36. The summed E-state index contributed by atoms with van der Waals surface area (Å²) >= 11 is 0. The Hall–Kier alpha value is -1.62. The first-order valence-corrected chi connectivity index (χ1v) is 9.29. The second kappa shape index (κ2) is 9.36. The number of benzene rings is 2. The van der Waals surface area contributed by atoms with Crippen molar-refractivity contribution >= 4 is 29.1 Å². The first-order chi connectivity index (χ1) is 12.1. The van der Waals surface area contributed by atoms with Gasteiger partial charge in [0.25, 0.3) is 0 Å². The maximum absolute atomic E-state index is 12.7. The Balaban J connectivity index is 0.00000243. The first-order valence-electron chi connectivity index (χ1n) is 9.29. The Bertz CT molecular complexity index is 736. The van der Waals surface area contributed by atoms with E-state index >= 15 is 0 Å². The van der Waals surface area contributed by atoms with Gasteiger partial charge in [-0.15, -0.1) is 12.4 Å².